The van der Waals surface area contributed by atoms with E-state index in [0.29, 0.717) is 15.3 Å². The van der Waals surface area contributed by atoms with Crippen LogP contribution >= 0.6 is 11.6 Å². The number of piperidine rings is 1. The van der Waals surface area contributed by atoms with E-state index in [4.69, 9.17) is 11.6 Å². The largest absolute Gasteiger partial charge is 0.317 e. The summed E-state index contributed by atoms with van der Waals surface area (Å²) in [5.41, 5.74) is 0. The summed E-state index contributed by atoms with van der Waals surface area (Å²) in [7, 11) is -3.54. The van der Waals surface area contributed by atoms with Crippen molar-refractivity contribution < 1.29 is 8.42 Å². The number of nitrogens with one attached hydrogen (secondary N) is 2. The zero-order chi connectivity index (χ0) is 14.9. The Labute approximate surface area is 129 Å². The van der Waals surface area contributed by atoms with Crippen LogP contribution in [-0.2, 0) is 10.0 Å². The Bertz CT molecular complexity index is 755. The third kappa shape index (κ3) is 3.06. The van der Waals surface area contributed by atoms with Crippen LogP contribution in [0.1, 0.15) is 12.8 Å². The van der Waals surface area contributed by atoms with E-state index in [0.717, 1.165) is 31.3 Å². The lowest BCUT2D eigenvalue weighted by Gasteiger charge is -2.23. The highest BCUT2D eigenvalue weighted by Gasteiger charge is 2.23. The number of hydrogen-bond acceptors (Lipinski definition) is 3. The van der Waals surface area contributed by atoms with Crippen LogP contribution in [0.4, 0.5) is 0 Å². The first-order chi connectivity index (χ1) is 10.1. The van der Waals surface area contributed by atoms with Gasteiger partial charge in [-0.1, -0.05) is 35.9 Å². The topological polar surface area (TPSA) is 58.2 Å². The number of sulfonamides is 1. The van der Waals surface area contributed by atoms with Gasteiger partial charge in [-0.05, 0) is 38.1 Å². The minimum Gasteiger partial charge on any atom is -0.317 e. The van der Waals surface area contributed by atoms with E-state index >= 15 is 0 Å². The van der Waals surface area contributed by atoms with Crippen LogP contribution in [0.2, 0.25) is 5.02 Å². The van der Waals surface area contributed by atoms with Crippen molar-refractivity contribution in [1.29, 1.82) is 0 Å². The monoisotopic (exact) mass is 324 g/mol. The number of rotatable bonds is 3. The number of halogens is 1. The Morgan fingerprint density at radius 2 is 1.71 bits per heavy atom. The molecule has 6 heteroatoms. The normalized spacial score (nSPS) is 17.2. The van der Waals surface area contributed by atoms with Crippen molar-refractivity contribution in [2.45, 2.75) is 23.8 Å². The van der Waals surface area contributed by atoms with Crippen molar-refractivity contribution in [2.75, 3.05) is 13.1 Å². The van der Waals surface area contributed by atoms with Gasteiger partial charge in [0, 0.05) is 21.8 Å². The van der Waals surface area contributed by atoms with E-state index in [1.807, 2.05) is 18.2 Å². The molecule has 2 aromatic carbocycles. The van der Waals surface area contributed by atoms with E-state index < -0.39 is 10.0 Å². The number of benzene rings is 2. The molecule has 3 rings (SSSR count). The summed E-state index contributed by atoms with van der Waals surface area (Å²) >= 11 is 6.15. The highest BCUT2D eigenvalue weighted by atomic mass is 35.5. The lowest BCUT2D eigenvalue weighted by molar-refractivity contribution is 0.427. The van der Waals surface area contributed by atoms with Gasteiger partial charge in [0.15, 0.2) is 0 Å². The molecule has 1 aliphatic heterocycles. The van der Waals surface area contributed by atoms with Crippen LogP contribution in [0.25, 0.3) is 10.8 Å². The Hall–Kier alpha value is -1.14. The molecule has 21 heavy (non-hydrogen) atoms. The molecule has 112 valence electrons. The molecule has 2 N–H and O–H groups in total. The fraction of sp³-hybridized carbons (Fsp3) is 0.333. The first kappa shape index (κ1) is 14.8. The molecule has 0 atom stereocenters. The van der Waals surface area contributed by atoms with Gasteiger partial charge in [0.1, 0.15) is 0 Å². The maximum absolute atomic E-state index is 12.7. The summed E-state index contributed by atoms with van der Waals surface area (Å²) in [5.74, 6) is 0. The van der Waals surface area contributed by atoms with Gasteiger partial charge in [-0.15, -0.1) is 0 Å². The van der Waals surface area contributed by atoms with E-state index in [9.17, 15) is 8.42 Å². The van der Waals surface area contributed by atoms with E-state index in [1.165, 1.54) is 0 Å². The van der Waals surface area contributed by atoms with Crippen LogP contribution < -0.4 is 10.0 Å². The highest BCUT2D eigenvalue weighted by molar-refractivity contribution is 7.89. The highest BCUT2D eigenvalue weighted by Crippen LogP contribution is 2.29. The molecule has 4 nitrogen and oxygen atoms in total. The van der Waals surface area contributed by atoms with Crippen molar-refractivity contribution in [3.05, 3.63) is 41.4 Å². The van der Waals surface area contributed by atoms with Crippen molar-refractivity contribution in [2.24, 2.45) is 0 Å². The molecule has 1 heterocycles. The summed E-state index contributed by atoms with van der Waals surface area (Å²) in [6.45, 7) is 1.68. The van der Waals surface area contributed by atoms with Gasteiger partial charge >= 0.3 is 0 Å². The zero-order valence-electron chi connectivity index (χ0n) is 11.5. The SMILES string of the molecule is O=S(=O)(NC1CCNCC1)c1ccc(Cl)c2ccccc12. The van der Waals surface area contributed by atoms with Gasteiger partial charge in [-0.25, -0.2) is 13.1 Å². The van der Waals surface area contributed by atoms with Crippen LogP contribution in [0.5, 0.6) is 0 Å². The molecule has 1 fully saturated rings. The van der Waals surface area contributed by atoms with Gasteiger partial charge in [0.25, 0.3) is 0 Å². The lowest BCUT2D eigenvalue weighted by Crippen LogP contribution is -2.42. The summed E-state index contributed by atoms with van der Waals surface area (Å²) in [5, 5.41) is 5.20. The third-order valence-electron chi connectivity index (χ3n) is 3.78. The van der Waals surface area contributed by atoms with E-state index in [-0.39, 0.29) is 6.04 Å². The van der Waals surface area contributed by atoms with Gasteiger partial charge < -0.3 is 5.32 Å². The first-order valence-electron chi connectivity index (χ1n) is 6.98. The van der Waals surface area contributed by atoms with Gasteiger partial charge in [-0.2, -0.15) is 0 Å². The van der Waals surface area contributed by atoms with Gasteiger partial charge in [0.2, 0.25) is 10.0 Å². The van der Waals surface area contributed by atoms with Crippen molar-refractivity contribution in [3.8, 4) is 0 Å². The Balaban J connectivity index is 2.00. The maximum atomic E-state index is 12.7. The summed E-state index contributed by atoms with van der Waals surface area (Å²) in [6.07, 6.45) is 1.62. The summed E-state index contributed by atoms with van der Waals surface area (Å²) < 4.78 is 28.1. The van der Waals surface area contributed by atoms with Crippen LogP contribution in [0.3, 0.4) is 0 Å². The Morgan fingerprint density at radius 3 is 2.43 bits per heavy atom. The average molecular weight is 325 g/mol. The number of hydrogen-bond donors (Lipinski definition) is 2. The standard InChI is InChI=1S/C15H17ClN2O2S/c16-14-5-6-15(13-4-2-1-3-12(13)14)21(19,20)18-11-7-9-17-10-8-11/h1-6,11,17-18H,7-10H2. The molecule has 0 aromatic heterocycles. The third-order valence-corrected chi connectivity index (χ3v) is 5.69. The molecule has 0 saturated carbocycles. The Kier molecular flexibility index (Phi) is 4.17. The van der Waals surface area contributed by atoms with Crippen molar-refractivity contribution in [3.63, 3.8) is 0 Å². The molecule has 0 aliphatic carbocycles. The zero-order valence-corrected chi connectivity index (χ0v) is 13.0. The minimum atomic E-state index is -3.54. The molecular formula is C15H17ClN2O2S. The first-order valence-corrected chi connectivity index (χ1v) is 8.84. The average Bonchev–Trinajstić information content (AvgIpc) is 2.48. The van der Waals surface area contributed by atoms with Gasteiger partial charge in [-0.3, -0.25) is 0 Å². The second-order valence-corrected chi connectivity index (χ2v) is 7.33. The van der Waals surface area contributed by atoms with Crippen LogP contribution in [-0.4, -0.2) is 27.5 Å². The predicted octanol–water partition coefficient (Wildman–Crippen LogP) is 2.52. The lowest BCUT2D eigenvalue weighted by atomic mass is 10.1. The fourth-order valence-corrected chi connectivity index (χ4v) is 4.44. The smallest absolute Gasteiger partial charge is 0.241 e. The maximum Gasteiger partial charge on any atom is 0.241 e. The van der Waals surface area contributed by atoms with Crippen molar-refractivity contribution in [1.82, 2.24) is 10.0 Å². The second kappa shape index (κ2) is 5.93. The molecule has 0 radical (unpaired) electrons. The van der Waals surface area contributed by atoms with E-state index in [2.05, 4.69) is 10.0 Å². The molecule has 0 spiro atoms. The van der Waals surface area contributed by atoms with Gasteiger partial charge in [0.05, 0.1) is 4.90 Å². The fourth-order valence-electron chi connectivity index (χ4n) is 2.69. The molecule has 2 aromatic rings. The molecule has 1 saturated heterocycles. The summed E-state index contributed by atoms with van der Waals surface area (Å²) in [4.78, 5) is 0.293. The number of fused-ring (bicyclic) bond motifs is 1. The van der Waals surface area contributed by atoms with E-state index in [1.54, 1.807) is 18.2 Å². The molecular weight excluding hydrogens is 308 g/mol. The molecule has 0 bridgehead atoms. The Morgan fingerprint density at radius 1 is 1.05 bits per heavy atom. The minimum absolute atomic E-state index is 0.00862. The molecule has 0 amide bonds. The molecule has 1 aliphatic rings. The quantitative estimate of drug-likeness (QED) is 0.912. The van der Waals surface area contributed by atoms with Crippen LogP contribution in [0, 0.1) is 0 Å². The van der Waals surface area contributed by atoms with Crippen LogP contribution in [0.15, 0.2) is 41.3 Å². The second-order valence-electron chi connectivity index (χ2n) is 5.24. The van der Waals surface area contributed by atoms with Crippen molar-refractivity contribution >= 4 is 32.4 Å². The predicted molar refractivity (Wildman–Crippen MR) is 85.2 cm³/mol. The molecule has 0 unspecified atom stereocenters. The summed E-state index contributed by atoms with van der Waals surface area (Å²) in [6, 6.07) is 10.5.